The zero-order chi connectivity index (χ0) is 20.1. The predicted molar refractivity (Wildman–Crippen MR) is 101 cm³/mol. The van der Waals surface area contributed by atoms with Crippen LogP contribution in [-0.4, -0.2) is 33.9 Å². The van der Waals surface area contributed by atoms with Crippen molar-refractivity contribution in [2.75, 3.05) is 13.2 Å². The normalized spacial score (nSPS) is 12.0. The second-order valence-electron chi connectivity index (χ2n) is 6.55. The van der Waals surface area contributed by atoms with Crippen molar-refractivity contribution in [1.29, 1.82) is 0 Å². The van der Waals surface area contributed by atoms with E-state index >= 15 is 0 Å². The lowest BCUT2D eigenvalue weighted by Crippen LogP contribution is -2.30. The Balaban J connectivity index is 1.72. The standard InChI is InChI=1S/C21H21F2N3O2/c1-26-20(9-14-5-3-2-4-6-14)18(12-25-26)21(28)24-11-15(13-27)17-8-7-16(22)10-19(17)23/h2-8,10,12,15,27H,9,11,13H2,1H3,(H,24,28). The SMILES string of the molecule is Cn1ncc(C(=O)NCC(CO)c2ccc(F)cc2F)c1Cc1ccccc1. The van der Waals surface area contributed by atoms with Crippen molar-refractivity contribution < 1.29 is 18.7 Å². The first-order valence-corrected chi connectivity index (χ1v) is 8.88. The molecule has 1 unspecified atom stereocenters. The van der Waals surface area contributed by atoms with Gasteiger partial charge < -0.3 is 10.4 Å². The molecule has 1 aromatic heterocycles. The molecule has 0 radical (unpaired) electrons. The van der Waals surface area contributed by atoms with Crippen LogP contribution in [0.4, 0.5) is 8.78 Å². The van der Waals surface area contributed by atoms with Gasteiger partial charge in [0.25, 0.3) is 5.91 Å². The van der Waals surface area contributed by atoms with Crippen LogP contribution in [0.25, 0.3) is 0 Å². The molecule has 1 heterocycles. The molecule has 0 aliphatic carbocycles. The van der Waals surface area contributed by atoms with Gasteiger partial charge >= 0.3 is 0 Å². The third-order valence-corrected chi connectivity index (χ3v) is 4.65. The van der Waals surface area contributed by atoms with Crippen molar-refractivity contribution in [3.63, 3.8) is 0 Å². The zero-order valence-corrected chi connectivity index (χ0v) is 15.4. The predicted octanol–water partition coefficient (Wildman–Crippen LogP) is 2.80. The van der Waals surface area contributed by atoms with Gasteiger partial charge in [0.15, 0.2) is 0 Å². The number of amides is 1. The minimum atomic E-state index is -0.751. The number of aliphatic hydroxyl groups excluding tert-OH is 1. The fourth-order valence-corrected chi connectivity index (χ4v) is 3.07. The van der Waals surface area contributed by atoms with Crippen molar-refractivity contribution in [2.45, 2.75) is 12.3 Å². The Bertz CT molecular complexity index is 958. The van der Waals surface area contributed by atoms with Crippen LogP contribution in [0.2, 0.25) is 0 Å². The molecule has 0 aliphatic heterocycles. The average Bonchev–Trinajstić information content (AvgIpc) is 3.04. The van der Waals surface area contributed by atoms with Crippen LogP contribution in [-0.2, 0) is 13.5 Å². The van der Waals surface area contributed by atoms with Gasteiger partial charge in [-0.05, 0) is 17.2 Å². The number of benzene rings is 2. The summed E-state index contributed by atoms with van der Waals surface area (Å²) in [5, 5.41) is 16.5. The molecular formula is C21H21F2N3O2. The van der Waals surface area contributed by atoms with E-state index in [9.17, 15) is 18.7 Å². The van der Waals surface area contributed by atoms with Crippen molar-refractivity contribution in [3.8, 4) is 0 Å². The molecule has 1 atom stereocenters. The zero-order valence-electron chi connectivity index (χ0n) is 15.4. The van der Waals surface area contributed by atoms with Gasteiger partial charge in [-0.25, -0.2) is 8.78 Å². The van der Waals surface area contributed by atoms with Gasteiger partial charge in [0.05, 0.1) is 24.1 Å². The van der Waals surface area contributed by atoms with Crippen molar-refractivity contribution in [1.82, 2.24) is 15.1 Å². The van der Waals surface area contributed by atoms with Gasteiger partial charge in [-0.15, -0.1) is 0 Å². The first-order chi connectivity index (χ1) is 13.5. The first-order valence-electron chi connectivity index (χ1n) is 8.88. The van der Waals surface area contributed by atoms with Gasteiger partial charge in [-0.3, -0.25) is 9.48 Å². The van der Waals surface area contributed by atoms with E-state index in [1.165, 1.54) is 12.3 Å². The lowest BCUT2D eigenvalue weighted by molar-refractivity contribution is 0.0946. The van der Waals surface area contributed by atoms with Gasteiger partial charge in [0.2, 0.25) is 0 Å². The molecule has 0 spiro atoms. The Hall–Kier alpha value is -3.06. The summed E-state index contributed by atoms with van der Waals surface area (Å²) >= 11 is 0. The van der Waals surface area contributed by atoms with Gasteiger partial charge in [0.1, 0.15) is 11.6 Å². The molecule has 2 N–H and O–H groups in total. The minimum Gasteiger partial charge on any atom is -0.396 e. The summed E-state index contributed by atoms with van der Waals surface area (Å²) in [6, 6.07) is 12.9. The van der Waals surface area contributed by atoms with Crippen LogP contribution in [0.1, 0.15) is 33.1 Å². The average molecular weight is 385 g/mol. The molecule has 28 heavy (non-hydrogen) atoms. The second kappa shape index (κ2) is 8.75. The number of hydrogen-bond donors (Lipinski definition) is 2. The molecular weight excluding hydrogens is 364 g/mol. The summed E-state index contributed by atoms with van der Waals surface area (Å²) in [6.07, 6.45) is 2.02. The lowest BCUT2D eigenvalue weighted by atomic mass is 9.99. The highest BCUT2D eigenvalue weighted by Crippen LogP contribution is 2.20. The number of aliphatic hydroxyl groups is 1. The van der Waals surface area contributed by atoms with Crippen molar-refractivity contribution in [3.05, 3.63) is 88.7 Å². The summed E-state index contributed by atoms with van der Waals surface area (Å²) < 4.78 is 28.7. The van der Waals surface area contributed by atoms with Crippen LogP contribution in [0, 0.1) is 11.6 Å². The maximum absolute atomic E-state index is 14.0. The summed E-state index contributed by atoms with van der Waals surface area (Å²) in [4.78, 5) is 12.7. The molecule has 0 saturated heterocycles. The Morgan fingerprint density at radius 1 is 1.21 bits per heavy atom. The fourth-order valence-electron chi connectivity index (χ4n) is 3.07. The Kier molecular flexibility index (Phi) is 6.16. The maximum Gasteiger partial charge on any atom is 0.254 e. The van der Waals surface area contributed by atoms with Gasteiger partial charge in [-0.1, -0.05) is 36.4 Å². The fraction of sp³-hybridized carbons (Fsp3) is 0.238. The molecule has 0 fully saturated rings. The summed E-state index contributed by atoms with van der Waals surface area (Å²) in [5.74, 6) is -2.49. The van der Waals surface area contributed by atoms with Gasteiger partial charge in [0, 0.05) is 32.0 Å². The van der Waals surface area contributed by atoms with E-state index in [0.717, 1.165) is 23.4 Å². The van der Waals surface area contributed by atoms with Gasteiger partial charge in [-0.2, -0.15) is 5.10 Å². The number of halogens is 2. The molecule has 0 saturated carbocycles. The van der Waals surface area contributed by atoms with Crippen molar-refractivity contribution in [2.24, 2.45) is 7.05 Å². The molecule has 0 aliphatic rings. The molecule has 2 aromatic carbocycles. The van der Waals surface area contributed by atoms with Crippen LogP contribution in [0.15, 0.2) is 54.7 Å². The number of nitrogens with one attached hydrogen (secondary N) is 1. The molecule has 146 valence electrons. The smallest absolute Gasteiger partial charge is 0.254 e. The molecule has 3 aromatic rings. The number of carbonyl (C=O) groups excluding carboxylic acids is 1. The number of carbonyl (C=O) groups is 1. The Morgan fingerprint density at radius 2 is 1.96 bits per heavy atom. The quantitative estimate of drug-likeness (QED) is 0.657. The largest absolute Gasteiger partial charge is 0.396 e. The molecule has 0 bridgehead atoms. The number of rotatable bonds is 7. The lowest BCUT2D eigenvalue weighted by Gasteiger charge is -2.16. The monoisotopic (exact) mass is 385 g/mol. The number of nitrogens with zero attached hydrogens (tertiary/aromatic N) is 2. The topological polar surface area (TPSA) is 67.2 Å². The van der Waals surface area contributed by atoms with E-state index in [1.807, 2.05) is 30.3 Å². The summed E-state index contributed by atoms with van der Waals surface area (Å²) in [6.45, 7) is -0.371. The molecule has 7 heteroatoms. The van der Waals surface area contributed by atoms with E-state index in [4.69, 9.17) is 0 Å². The summed E-state index contributed by atoms with van der Waals surface area (Å²) in [5.41, 5.74) is 2.36. The highest BCUT2D eigenvalue weighted by atomic mass is 19.1. The molecule has 5 nitrogen and oxygen atoms in total. The third kappa shape index (κ3) is 4.43. The minimum absolute atomic E-state index is 0.0115. The number of aromatic nitrogens is 2. The Morgan fingerprint density at radius 3 is 2.64 bits per heavy atom. The summed E-state index contributed by atoms with van der Waals surface area (Å²) in [7, 11) is 1.76. The van der Waals surface area contributed by atoms with E-state index in [1.54, 1.807) is 11.7 Å². The van der Waals surface area contributed by atoms with Crippen LogP contribution < -0.4 is 5.32 Å². The van der Waals surface area contributed by atoms with Crippen LogP contribution in [0.5, 0.6) is 0 Å². The van der Waals surface area contributed by atoms with Crippen LogP contribution in [0.3, 0.4) is 0 Å². The van der Waals surface area contributed by atoms with E-state index in [-0.39, 0.29) is 24.6 Å². The highest BCUT2D eigenvalue weighted by molar-refractivity contribution is 5.95. The van der Waals surface area contributed by atoms with E-state index in [2.05, 4.69) is 10.4 Å². The van der Waals surface area contributed by atoms with E-state index < -0.39 is 17.6 Å². The number of aryl methyl sites for hydroxylation is 1. The molecule has 3 rings (SSSR count). The first kappa shape index (κ1) is 19.7. The third-order valence-electron chi connectivity index (χ3n) is 4.65. The number of hydrogen-bond acceptors (Lipinski definition) is 3. The Labute approximate surface area is 161 Å². The van der Waals surface area contributed by atoms with E-state index in [0.29, 0.717) is 12.0 Å². The molecule has 1 amide bonds. The maximum atomic E-state index is 14.0. The second-order valence-corrected chi connectivity index (χ2v) is 6.55. The van der Waals surface area contributed by atoms with Crippen LogP contribution >= 0.6 is 0 Å². The highest BCUT2D eigenvalue weighted by Gasteiger charge is 2.20. The van der Waals surface area contributed by atoms with Crippen molar-refractivity contribution >= 4 is 5.91 Å².